The molecule has 1 fully saturated rings. The van der Waals surface area contributed by atoms with Gasteiger partial charge in [0, 0.05) is 6.20 Å². The van der Waals surface area contributed by atoms with E-state index in [0.717, 1.165) is 18.3 Å². The van der Waals surface area contributed by atoms with Crippen LogP contribution in [0.5, 0.6) is 0 Å². The number of aliphatic carboxylic acids is 1. The summed E-state index contributed by atoms with van der Waals surface area (Å²) >= 11 is 0. The summed E-state index contributed by atoms with van der Waals surface area (Å²) in [5.41, 5.74) is -3.55. The normalized spacial score (nSPS) is 17.0. The molecule has 0 bridgehead atoms. The van der Waals surface area contributed by atoms with Gasteiger partial charge in [-0.05, 0) is 48.2 Å². The highest BCUT2D eigenvalue weighted by Gasteiger charge is 2.55. The van der Waals surface area contributed by atoms with Crippen LogP contribution in [-0.2, 0) is 27.0 Å². The quantitative estimate of drug-likeness (QED) is 0.643. The number of pyridine rings is 1. The maximum atomic E-state index is 13.8. The van der Waals surface area contributed by atoms with Crippen LogP contribution in [0.15, 0.2) is 41.4 Å². The number of carboxylic acid groups (broad SMARTS) is 1. The Bertz CT molecular complexity index is 1120. The van der Waals surface area contributed by atoms with E-state index >= 15 is 0 Å². The topological polar surface area (TPSA) is 84.3 Å². The standard InChI is InChI=1S/C19H15F6NO4S/c20-18(21,22)13-9-11(12-5-8-26-15(10-12)19(23,24)25)3-4-14(13)31(29,30)17(16(27)28)6-1-2-7-17/h3-5,8-10H,1-2,6-7H2,(H,27,28). The maximum Gasteiger partial charge on any atom is 0.433 e. The fraction of sp³-hybridized carbons (Fsp3) is 0.368. The van der Waals surface area contributed by atoms with Gasteiger partial charge in [-0.1, -0.05) is 18.9 Å². The van der Waals surface area contributed by atoms with Crippen LogP contribution >= 0.6 is 0 Å². The van der Waals surface area contributed by atoms with Gasteiger partial charge in [0.05, 0.1) is 10.5 Å². The summed E-state index contributed by atoms with van der Waals surface area (Å²) in [5.74, 6) is -1.73. The molecule has 0 atom stereocenters. The number of alkyl halides is 6. The highest BCUT2D eigenvalue weighted by molar-refractivity contribution is 7.93. The zero-order valence-electron chi connectivity index (χ0n) is 15.6. The smallest absolute Gasteiger partial charge is 0.433 e. The Balaban J connectivity index is 2.21. The summed E-state index contributed by atoms with van der Waals surface area (Å²) in [4.78, 5) is 13.7. The van der Waals surface area contributed by atoms with Gasteiger partial charge in [-0.25, -0.2) is 8.42 Å². The van der Waals surface area contributed by atoms with E-state index in [1.54, 1.807) is 0 Å². The van der Waals surface area contributed by atoms with E-state index < -0.39 is 49.1 Å². The van der Waals surface area contributed by atoms with Crippen molar-refractivity contribution in [2.24, 2.45) is 0 Å². The molecule has 5 nitrogen and oxygen atoms in total. The van der Waals surface area contributed by atoms with E-state index in [9.17, 15) is 44.7 Å². The summed E-state index contributed by atoms with van der Waals surface area (Å²) in [5, 5.41) is 9.52. The Kier molecular flexibility index (Phi) is 5.58. The lowest BCUT2D eigenvalue weighted by atomic mass is 10.0. The van der Waals surface area contributed by atoms with Gasteiger partial charge in [0.25, 0.3) is 0 Å². The first-order valence-corrected chi connectivity index (χ1v) is 10.4. The number of rotatable bonds is 4. The van der Waals surface area contributed by atoms with E-state index in [1.165, 1.54) is 0 Å². The molecule has 2 aromatic rings. The molecule has 0 radical (unpaired) electrons. The molecule has 1 aliphatic carbocycles. The minimum Gasteiger partial charge on any atom is -0.480 e. The van der Waals surface area contributed by atoms with Crippen molar-refractivity contribution in [3.8, 4) is 11.1 Å². The molecule has 0 saturated heterocycles. The zero-order chi connectivity index (χ0) is 23.2. The van der Waals surface area contributed by atoms with E-state index in [0.29, 0.717) is 18.2 Å². The average Bonchev–Trinajstić information content (AvgIpc) is 3.18. The van der Waals surface area contributed by atoms with Crippen LogP contribution < -0.4 is 0 Å². The van der Waals surface area contributed by atoms with Crippen molar-refractivity contribution < 1.29 is 44.7 Å². The number of nitrogens with zero attached hydrogens (tertiary/aromatic N) is 1. The van der Waals surface area contributed by atoms with Crippen molar-refractivity contribution in [1.29, 1.82) is 0 Å². The largest absolute Gasteiger partial charge is 0.480 e. The van der Waals surface area contributed by atoms with Crippen LogP contribution in [0.25, 0.3) is 11.1 Å². The molecule has 1 N–H and O–H groups in total. The molecule has 1 aromatic carbocycles. The van der Waals surface area contributed by atoms with Crippen molar-refractivity contribution in [1.82, 2.24) is 4.98 Å². The van der Waals surface area contributed by atoms with Gasteiger partial charge in [-0.15, -0.1) is 0 Å². The summed E-state index contributed by atoms with van der Waals surface area (Å²) in [6.07, 6.45) is -9.47. The van der Waals surface area contributed by atoms with Crippen molar-refractivity contribution in [3.63, 3.8) is 0 Å². The fourth-order valence-corrected chi connectivity index (χ4v) is 5.87. The van der Waals surface area contributed by atoms with Crippen molar-refractivity contribution in [2.75, 3.05) is 0 Å². The Morgan fingerprint density at radius 2 is 1.52 bits per heavy atom. The van der Waals surface area contributed by atoms with Gasteiger partial charge in [0.1, 0.15) is 5.69 Å². The predicted molar refractivity (Wildman–Crippen MR) is 95.7 cm³/mol. The van der Waals surface area contributed by atoms with Crippen LogP contribution in [0.4, 0.5) is 26.3 Å². The molecule has 0 amide bonds. The van der Waals surface area contributed by atoms with E-state index in [1.807, 2.05) is 0 Å². The van der Waals surface area contributed by atoms with Crippen LogP contribution in [-0.4, -0.2) is 29.2 Å². The van der Waals surface area contributed by atoms with Gasteiger partial charge in [0.2, 0.25) is 0 Å². The number of hydrogen-bond acceptors (Lipinski definition) is 4. The second-order valence-electron chi connectivity index (χ2n) is 7.15. The number of hydrogen-bond donors (Lipinski definition) is 1. The number of halogens is 6. The summed E-state index contributed by atoms with van der Waals surface area (Å²) in [7, 11) is -4.96. The molecule has 1 heterocycles. The maximum absolute atomic E-state index is 13.8. The molecule has 1 saturated carbocycles. The fourth-order valence-electron chi connectivity index (χ4n) is 3.68. The first-order valence-electron chi connectivity index (χ1n) is 8.93. The second-order valence-corrected chi connectivity index (χ2v) is 9.37. The molecule has 0 aliphatic heterocycles. The first kappa shape index (κ1) is 23.0. The molecule has 0 unspecified atom stereocenters. The third-order valence-electron chi connectivity index (χ3n) is 5.27. The molecule has 1 aromatic heterocycles. The SMILES string of the molecule is O=C(O)C1(S(=O)(=O)c2ccc(-c3ccnc(C(F)(F)F)c3)cc2C(F)(F)F)CCCC1. The first-order chi connectivity index (χ1) is 14.2. The number of sulfone groups is 1. The molecule has 31 heavy (non-hydrogen) atoms. The van der Waals surface area contributed by atoms with E-state index in [-0.39, 0.29) is 36.8 Å². The third-order valence-corrected chi connectivity index (χ3v) is 7.82. The number of carbonyl (C=O) groups is 1. The van der Waals surface area contributed by atoms with Crippen molar-refractivity contribution >= 4 is 15.8 Å². The van der Waals surface area contributed by atoms with Crippen LogP contribution in [0, 0.1) is 0 Å². The third kappa shape index (κ3) is 4.00. The van der Waals surface area contributed by atoms with Crippen LogP contribution in [0.1, 0.15) is 36.9 Å². The molecule has 3 rings (SSSR count). The Hall–Kier alpha value is -2.63. The van der Waals surface area contributed by atoms with Gasteiger partial charge >= 0.3 is 18.3 Å². The molecular formula is C19H15F6NO4S. The Labute approximate surface area is 172 Å². The van der Waals surface area contributed by atoms with Crippen molar-refractivity contribution in [2.45, 2.75) is 47.7 Å². The van der Waals surface area contributed by atoms with Crippen LogP contribution in [0.3, 0.4) is 0 Å². The minimum absolute atomic E-state index is 0.224. The zero-order valence-corrected chi connectivity index (χ0v) is 16.4. The Morgan fingerprint density at radius 3 is 2.03 bits per heavy atom. The van der Waals surface area contributed by atoms with E-state index in [4.69, 9.17) is 0 Å². The number of carboxylic acids is 1. The van der Waals surface area contributed by atoms with Crippen molar-refractivity contribution in [3.05, 3.63) is 47.8 Å². The monoisotopic (exact) mass is 467 g/mol. The van der Waals surface area contributed by atoms with Gasteiger partial charge in [-0.2, -0.15) is 26.3 Å². The highest BCUT2D eigenvalue weighted by Crippen LogP contribution is 2.45. The molecule has 1 aliphatic rings. The minimum atomic E-state index is -5.20. The summed E-state index contributed by atoms with van der Waals surface area (Å²) < 4.78 is 104. The Morgan fingerprint density at radius 1 is 0.935 bits per heavy atom. The number of aromatic nitrogens is 1. The van der Waals surface area contributed by atoms with Gasteiger partial charge < -0.3 is 5.11 Å². The summed E-state index contributed by atoms with van der Waals surface area (Å²) in [6, 6.07) is 3.52. The summed E-state index contributed by atoms with van der Waals surface area (Å²) in [6.45, 7) is 0. The second kappa shape index (κ2) is 7.50. The van der Waals surface area contributed by atoms with Gasteiger partial charge in [-0.3, -0.25) is 9.78 Å². The predicted octanol–water partition coefficient (Wildman–Crippen LogP) is 4.96. The lowest BCUT2D eigenvalue weighted by Gasteiger charge is -2.26. The lowest BCUT2D eigenvalue weighted by Crippen LogP contribution is -2.44. The van der Waals surface area contributed by atoms with E-state index in [2.05, 4.69) is 4.98 Å². The molecular weight excluding hydrogens is 452 g/mol. The lowest BCUT2D eigenvalue weighted by molar-refractivity contribution is -0.141. The molecule has 0 spiro atoms. The number of benzene rings is 1. The molecule has 168 valence electrons. The average molecular weight is 467 g/mol. The highest BCUT2D eigenvalue weighted by atomic mass is 32.2. The molecule has 12 heteroatoms. The van der Waals surface area contributed by atoms with Crippen LogP contribution in [0.2, 0.25) is 0 Å². The van der Waals surface area contributed by atoms with Gasteiger partial charge in [0.15, 0.2) is 14.6 Å².